The van der Waals surface area contributed by atoms with Gasteiger partial charge in [-0.1, -0.05) is 48.5 Å². The number of aromatic nitrogens is 1. The summed E-state index contributed by atoms with van der Waals surface area (Å²) in [5.74, 6) is 0. The van der Waals surface area contributed by atoms with Gasteiger partial charge in [-0.15, -0.1) is 0 Å². The SMILES string of the molecule is O=C(NCc1cc2ccccc2[nH]1)NCC(O)Cc1ccccc1. The fourth-order valence-corrected chi connectivity index (χ4v) is 2.64. The highest BCUT2D eigenvalue weighted by Crippen LogP contribution is 2.14. The molecule has 5 nitrogen and oxygen atoms in total. The summed E-state index contributed by atoms with van der Waals surface area (Å²) in [6.45, 7) is 0.628. The van der Waals surface area contributed by atoms with Crippen molar-refractivity contribution in [2.24, 2.45) is 0 Å². The topological polar surface area (TPSA) is 77.2 Å². The van der Waals surface area contributed by atoms with E-state index in [-0.39, 0.29) is 12.6 Å². The minimum absolute atomic E-state index is 0.216. The second-order valence-corrected chi connectivity index (χ2v) is 5.79. The first-order valence-corrected chi connectivity index (χ1v) is 8.01. The van der Waals surface area contributed by atoms with Crippen molar-refractivity contribution in [1.29, 1.82) is 0 Å². The molecular weight excluding hydrogens is 302 g/mol. The number of hydrogen-bond donors (Lipinski definition) is 4. The molecule has 0 aliphatic heterocycles. The Kier molecular flexibility index (Phi) is 5.13. The first kappa shape index (κ1) is 16.1. The predicted octanol–water partition coefficient (Wildman–Crippen LogP) is 2.57. The summed E-state index contributed by atoms with van der Waals surface area (Å²) in [5, 5.41) is 16.6. The van der Waals surface area contributed by atoms with E-state index in [1.807, 2.05) is 60.7 Å². The van der Waals surface area contributed by atoms with E-state index in [0.29, 0.717) is 13.0 Å². The summed E-state index contributed by atoms with van der Waals surface area (Å²) in [7, 11) is 0. The van der Waals surface area contributed by atoms with Crippen LogP contribution in [0.5, 0.6) is 0 Å². The number of hydrogen-bond acceptors (Lipinski definition) is 2. The molecule has 1 unspecified atom stereocenters. The second-order valence-electron chi connectivity index (χ2n) is 5.79. The molecule has 5 heteroatoms. The third-order valence-corrected chi connectivity index (χ3v) is 3.84. The van der Waals surface area contributed by atoms with Gasteiger partial charge in [0.2, 0.25) is 0 Å². The molecule has 124 valence electrons. The number of nitrogens with one attached hydrogen (secondary N) is 3. The Bertz CT molecular complexity index is 765. The molecule has 3 aromatic rings. The van der Waals surface area contributed by atoms with Crippen molar-refractivity contribution < 1.29 is 9.90 Å². The molecule has 0 aliphatic rings. The largest absolute Gasteiger partial charge is 0.391 e. The van der Waals surface area contributed by atoms with Crippen LogP contribution in [0.1, 0.15) is 11.3 Å². The zero-order chi connectivity index (χ0) is 16.8. The number of aliphatic hydroxyl groups excluding tert-OH is 1. The lowest BCUT2D eigenvalue weighted by molar-refractivity contribution is 0.170. The lowest BCUT2D eigenvalue weighted by atomic mass is 10.1. The Morgan fingerprint density at radius 3 is 2.58 bits per heavy atom. The average molecular weight is 323 g/mol. The van der Waals surface area contributed by atoms with E-state index in [0.717, 1.165) is 22.2 Å². The van der Waals surface area contributed by atoms with Gasteiger partial charge in [0.15, 0.2) is 0 Å². The van der Waals surface area contributed by atoms with Crippen molar-refractivity contribution in [3.8, 4) is 0 Å². The quantitative estimate of drug-likeness (QED) is 0.563. The number of carbonyl (C=O) groups excluding carboxylic acids is 1. The molecule has 24 heavy (non-hydrogen) atoms. The van der Waals surface area contributed by atoms with E-state index in [1.165, 1.54) is 0 Å². The third kappa shape index (κ3) is 4.36. The maximum atomic E-state index is 11.8. The smallest absolute Gasteiger partial charge is 0.315 e. The standard InChI is InChI=1S/C19H21N3O2/c23-17(10-14-6-2-1-3-7-14)13-21-19(24)20-12-16-11-15-8-4-5-9-18(15)22-16/h1-9,11,17,22-23H,10,12-13H2,(H2,20,21,24). The van der Waals surface area contributed by atoms with Crippen LogP contribution in [0.15, 0.2) is 60.7 Å². The number of H-pyrrole nitrogens is 1. The van der Waals surface area contributed by atoms with Gasteiger partial charge in [0.25, 0.3) is 0 Å². The molecule has 0 fully saturated rings. The maximum Gasteiger partial charge on any atom is 0.315 e. The van der Waals surface area contributed by atoms with Crippen LogP contribution in [0.2, 0.25) is 0 Å². The molecule has 2 aromatic carbocycles. The van der Waals surface area contributed by atoms with E-state index >= 15 is 0 Å². The van der Waals surface area contributed by atoms with Crippen molar-refractivity contribution >= 4 is 16.9 Å². The first-order valence-electron chi connectivity index (χ1n) is 8.01. The van der Waals surface area contributed by atoms with Gasteiger partial charge in [-0.3, -0.25) is 0 Å². The normalized spacial score (nSPS) is 12.0. The van der Waals surface area contributed by atoms with Crippen molar-refractivity contribution in [2.45, 2.75) is 19.1 Å². The number of carbonyl (C=O) groups is 1. The molecular formula is C19H21N3O2. The molecule has 0 radical (unpaired) electrons. The number of urea groups is 1. The van der Waals surface area contributed by atoms with E-state index in [4.69, 9.17) is 0 Å². The van der Waals surface area contributed by atoms with Gasteiger partial charge in [0.05, 0.1) is 12.6 Å². The van der Waals surface area contributed by atoms with Gasteiger partial charge in [0.1, 0.15) is 0 Å². The van der Waals surface area contributed by atoms with Gasteiger partial charge in [-0.2, -0.15) is 0 Å². The van der Waals surface area contributed by atoms with Crippen LogP contribution in [0, 0.1) is 0 Å². The molecule has 1 aromatic heterocycles. The summed E-state index contributed by atoms with van der Waals surface area (Å²) in [6.07, 6.45) is -0.0883. The Hall–Kier alpha value is -2.79. The third-order valence-electron chi connectivity index (χ3n) is 3.84. The van der Waals surface area contributed by atoms with E-state index in [9.17, 15) is 9.90 Å². The lowest BCUT2D eigenvalue weighted by Crippen LogP contribution is -2.40. The van der Waals surface area contributed by atoms with Crippen LogP contribution in [0.25, 0.3) is 10.9 Å². The van der Waals surface area contributed by atoms with Crippen LogP contribution in [-0.4, -0.2) is 28.8 Å². The van der Waals surface area contributed by atoms with Gasteiger partial charge in [-0.05, 0) is 23.1 Å². The fourth-order valence-electron chi connectivity index (χ4n) is 2.64. The summed E-state index contributed by atoms with van der Waals surface area (Å²) >= 11 is 0. The first-order chi connectivity index (χ1) is 11.7. The average Bonchev–Trinajstić information content (AvgIpc) is 3.02. The zero-order valence-corrected chi connectivity index (χ0v) is 13.3. The van der Waals surface area contributed by atoms with E-state index in [2.05, 4.69) is 15.6 Å². The molecule has 0 spiro atoms. The molecule has 2 amide bonds. The number of fused-ring (bicyclic) bond motifs is 1. The maximum absolute atomic E-state index is 11.8. The Labute approximate surface area is 140 Å². The van der Waals surface area contributed by atoms with Crippen molar-refractivity contribution in [3.63, 3.8) is 0 Å². The summed E-state index contributed by atoms with van der Waals surface area (Å²) in [6, 6.07) is 19.4. The lowest BCUT2D eigenvalue weighted by Gasteiger charge is -2.12. The number of rotatable bonds is 6. The molecule has 0 saturated carbocycles. The second kappa shape index (κ2) is 7.66. The molecule has 0 saturated heterocycles. The predicted molar refractivity (Wildman–Crippen MR) is 94.7 cm³/mol. The van der Waals surface area contributed by atoms with E-state index < -0.39 is 6.10 Å². The number of benzene rings is 2. The molecule has 0 aliphatic carbocycles. The van der Waals surface area contributed by atoms with Crippen LogP contribution in [0.4, 0.5) is 4.79 Å². The highest BCUT2D eigenvalue weighted by Gasteiger charge is 2.08. The zero-order valence-electron chi connectivity index (χ0n) is 13.3. The number of aliphatic hydroxyl groups is 1. The van der Waals surface area contributed by atoms with Gasteiger partial charge in [0, 0.05) is 24.2 Å². The summed E-state index contributed by atoms with van der Waals surface area (Å²) < 4.78 is 0. The van der Waals surface area contributed by atoms with Gasteiger partial charge >= 0.3 is 6.03 Å². The molecule has 1 atom stereocenters. The molecule has 4 N–H and O–H groups in total. The van der Waals surface area contributed by atoms with Gasteiger partial charge < -0.3 is 20.7 Å². The van der Waals surface area contributed by atoms with Crippen LogP contribution < -0.4 is 10.6 Å². The minimum Gasteiger partial charge on any atom is -0.391 e. The van der Waals surface area contributed by atoms with Crippen LogP contribution >= 0.6 is 0 Å². The Morgan fingerprint density at radius 1 is 1.04 bits per heavy atom. The van der Waals surface area contributed by atoms with E-state index in [1.54, 1.807) is 0 Å². The Morgan fingerprint density at radius 2 is 1.79 bits per heavy atom. The molecule has 3 rings (SSSR count). The number of amides is 2. The fraction of sp³-hybridized carbons (Fsp3) is 0.211. The number of para-hydroxylation sites is 1. The summed E-state index contributed by atoms with van der Waals surface area (Å²) in [4.78, 5) is 15.1. The van der Waals surface area contributed by atoms with Crippen molar-refractivity contribution in [3.05, 3.63) is 71.9 Å². The molecule has 1 heterocycles. The monoisotopic (exact) mass is 323 g/mol. The highest BCUT2D eigenvalue weighted by molar-refractivity contribution is 5.80. The Balaban J connectivity index is 1.42. The van der Waals surface area contributed by atoms with Crippen molar-refractivity contribution in [1.82, 2.24) is 15.6 Å². The summed E-state index contributed by atoms with van der Waals surface area (Å²) in [5.41, 5.74) is 3.04. The van der Waals surface area contributed by atoms with Crippen LogP contribution in [-0.2, 0) is 13.0 Å². The minimum atomic E-state index is -0.605. The number of aromatic amines is 1. The molecule has 0 bridgehead atoms. The van der Waals surface area contributed by atoms with Crippen LogP contribution in [0.3, 0.4) is 0 Å². The van der Waals surface area contributed by atoms with Gasteiger partial charge in [-0.25, -0.2) is 4.79 Å². The van der Waals surface area contributed by atoms with Crippen molar-refractivity contribution in [2.75, 3.05) is 6.54 Å². The highest BCUT2D eigenvalue weighted by atomic mass is 16.3.